The van der Waals surface area contributed by atoms with Crippen LogP contribution in [0.2, 0.25) is 10.0 Å². The van der Waals surface area contributed by atoms with Gasteiger partial charge < -0.3 is 47.8 Å². The summed E-state index contributed by atoms with van der Waals surface area (Å²) in [6, 6.07) is 19.6. The fourth-order valence-corrected chi connectivity index (χ4v) is 15.9. The third-order valence-electron chi connectivity index (χ3n) is 20.9. The van der Waals surface area contributed by atoms with Crippen molar-refractivity contribution in [2.45, 2.75) is 124 Å². The molecule has 15 rings (SSSR count). The number of fused-ring (bicyclic) bond motifs is 6. The minimum absolute atomic E-state index is 0.00356. The number of hydrogen-bond donors (Lipinski definition) is 0. The lowest BCUT2D eigenvalue weighted by Gasteiger charge is -2.40. The zero-order valence-electron chi connectivity index (χ0n) is 58.3. The molecule has 23 nitrogen and oxygen atoms in total. The molecule has 9 aromatic rings. The van der Waals surface area contributed by atoms with Gasteiger partial charge >= 0.3 is 25.1 Å². The molecule has 0 aliphatic carbocycles. The van der Waals surface area contributed by atoms with Gasteiger partial charge in [0, 0.05) is 166 Å². The molecule has 0 N–H and O–H groups in total. The number of rotatable bonds is 11. The van der Waals surface area contributed by atoms with E-state index < -0.39 is 42.6 Å². The Morgan fingerprint density at radius 2 is 0.869 bits per heavy atom. The van der Waals surface area contributed by atoms with Gasteiger partial charge in [0.1, 0.15) is 5.75 Å². The number of ketones is 1. The molecular formula is C71H73Cl2F11N18O5. The van der Waals surface area contributed by atoms with Crippen LogP contribution in [0.3, 0.4) is 0 Å². The molecule has 107 heavy (non-hydrogen) atoms. The van der Waals surface area contributed by atoms with Crippen molar-refractivity contribution in [1.82, 2.24) is 73.9 Å². The van der Waals surface area contributed by atoms with Crippen LogP contribution in [0.4, 0.5) is 65.4 Å². The van der Waals surface area contributed by atoms with Crippen LogP contribution in [0, 0.1) is 35.5 Å². The number of amides is 3. The van der Waals surface area contributed by atoms with Crippen molar-refractivity contribution in [3.8, 4) is 5.75 Å². The fourth-order valence-electron chi connectivity index (χ4n) is 15.5. The molecular weight excluding hydrogens is 1460 g/mol. The monoisotopic (exact) mass is 1540 g/mol. The molecule has 6 aromatic heterocycles. The zero-order chi connectivity index (χ0) is 76.1. The molecule has 6 aliphatic rings. The number of anilines is 3. The van der Waals surface area contributed by atoms with Gasteiger partial charge in [-0.15, -0.1) is 30.6 Å². The van der Waals surface area contributed by atoms with Crippen molar-refractivity contribution < 1.29 is 72.2 Å². The fraction of sp³-hybridized carbons (Fsp3) is 0.479. The maximum Gasteiger partial charge on any atom is 0.451 e. The quantitative estimate of drug-likeness (QED) is 0.0866. The smallest absolute Gasteiger partial charge is 0.435 e. The first-order valence-electron chi connectivity index (χ1n) is 35.0. The Morgan fingerprint density at radius 3 is 1.26 bits per heavy atom. The lowest BCUT2D eigenvalue weighted by atomic mass is 9.85. The van der Waals surface area contributed by atoms with Crippen molar-refractivity contribution >= 4 is 96.5 Å². The van der Waals surface area contributed by atoms with Gasteiger partial charge in [0.2, 0.25) is 35.2 Å². The summed E-state index contributed by atoms with van der Waals surface area (Å²) >= 11 is 12.5. The van der Waals surface area contributed by atoms with E-state index in [1.54, 1.807) is 45.4 Å². The molecule has 0 saturated carbocycles. The Hall–Kier alpha value is -9.60. The number of piperidine rings is 3. The number of pyridine rings is 3. The molecule has 3 aromatic carbocycles. The second-order valence-corrected chi connectivity index (χ2v) is 28.5. The van der Waals surface area contributed by atoms with E-state index in [1.807, 2.05) is 70.2 Å². The standard InChI is InChI=1S/C26H29F3N6O2.C23H23F5N6O2.C22H21Cl2F3N6O/c1-3-4-22(36)17-5-6-19-20(13-17)30-9-7-21(19)33-10-8-18(16(2)14-33)24(37)34-11-12-35-23(15-34)31-32-25(35)26(27,28)29;1-13-11-32(18-4-6-29-17-10-14(36-22(24)25)2-3-16(17)18)7-5-15(13)20(35)33-8-9-34-19(12-33)30-31-21(34)23(26,27)28;1-12-10-31(16-4-6-28-19-14(16)2-3-15(23)18(19)24)7-5-13(12)20(34)32-8-9-33-17(11-32)29-30-21(33)22(25,26)27/h5-7,9,13,16,18H,3-4,8,10-12,14-15H2,1-2H3;2-4,6,10,13,15,22H,5,7-9,11-12H2,1H3;2-4,6,12-13H,5,7-11H2,1H3/t16-,18+;13-,15+;12-,13+/m111/s1. The van der Waals surface area contributed by atoms with Crippen molar-refractivity contribution in [3.05, 3.63) is 136 Å². The van der Waals surface area contributed by atoms with E-state index in [4.69, 9.17) is 23.2 Å². The normalized spacial score (nSPS) is 20.7. The van der Waals surface area contributed by atoms with Crippen LogP contribution in [0.5, 0.6) is 5.75 Å². The molecule has 6 atom stereocenters. The van der Waals surface area contributed by atoms with Gasteiger partial charge in [0.25, 0.3) is 0 Å². The maximum atomic E-state index is 13.4. The van der Waals surface area contributed by atoms with Crippen LogP contribution in [-0.4, -0.2) is 163 Å². The van der Waals surface area contributed by atoms with Crippen molar-refractivity contribution in [1.29, 1.82) is 0 Å². The molecule has 568 valence electrons. The van der Waals surface area contributed by atoms with Crippen molar-refractivity contribution in [2.75, 3.05) is 73.6 Å². The van der Waals surface area contributed by atoms with E-state index in [-0.39, 0.29) is 141 Å². The van der Waals surface area contributed by atoms with Gasteiger partial charge in [-0.1, -0.05) is 57.0 Å². The predicted molar refractivity (Wildman–Crippen MR) is 371 cm³/mol. The first-order valence-corrected chi connectivity index (χ1v) is 35.8. The largest absolute Gasteiger partial charge is 0.451 e. The van der Waals surface area contributed by atoms with Crippen molar-refractivity contribution in [2.24, 2.45) is 35.5 Å². The van der Waals surface area contributed by atoms with Gasteiger partial charge in [0.15, 0.2) is 23.3 Å². The summed E-state index contributed by atoms with van der Waals surface area (Å²) in [5.74, 6) is -3.34. The third-order valence-corrected chi connectivity index (χ3v) is 21.7. The van der Waals surface area contributed by atoms with E-state index in [1.165, 1.54) is 12.1 Å². The van der Waals surface area contributed by atoms with E-state index in [2.05, 4.69) is 65.0 Å². The first-order chi connectivity index (χ1) is 50.9. The summed E-state index contributed by atoms with van der Waals surface area (Å²) in [7, 11) is 0. The number of halogens is 13. The van der Waals surface area contributed by atoms with Gasteiger partial charge in [-0.05, 0) is 98.0 Å². The lowest BCUT2D eigenvalue weighted by molar-refractivity contribution is -0.149. The van der Waals surface area contributed by atoms with Crippen LogP contribution >= 0.6 is 23.2 Å². The molecule has 3 saturated heterocycles. The molecule has 12 heterocycles. The molecule has 3 amide bonds. The van der Waals surface area contributed by atoms with E-state index >= 15 is 0 Å². The Morgan fingerprint density at radius 1 is 0.486 bits per heavy atom. The average Bonchev–Trinajstić information content (AvgIpc) is 1.69. The van der Waals surface area contributed by atoms with Crippen LogP contribution in [-0.2, 0) is 72.2 Å². The molecule has 0 spiro atoms. The lowest BCUT2D eigenvalue weighted by Crippen LogP contribution is -2.49. The second-order valence-electron chi connectivity index (χ2n) is 27.7. The number of benzene rings is 3. The van der Waals surface area contributed by atoms with Gasteiger partial charge in [-0.3, -0.25) is 34.1 Å². The Balaban J connectivity index is 0.000000142. The SMILES string of the molecule is CCCC(=O)c1ccc2c(N3CC[C@H](C(=O)N4CCn5c(nnc5C(F)(F)F)C4)[C@H](C)C3)ccnc2c1.C[C@@H]1CN(c2ccnc3c(Cl)c(Cl)ccc23)CC[C@@H]1C(=O)N1CCn2c(nnc2C(F)(F)F)C1.C[C@@H]1CN(c2ccnc3cc(OC(F)F)ccc23)CC[C@@H]1C(=O)N1CCn2c(nnc2C(F)(F)F)C1. The Bertz CT molecular complexity index is 4820. The number of ether oxygens (including phenoxy) is 1. The Labute approximate surface area is 614 Å². The highest BCUT2D eigenvalue weighted by atomic mass is 35.5. The highest BCUT2D eigenvalue weighted by molar-refractivity contribution is 6.45. The number of alkyl halides is 11. The van der Waals surface area contributed by atoms with Crippen LogP contribution < -0.4 is 19.4 Å². The predicted octanol–water partition coefficient (Wildman–Crippen LogP) is 12.9. The van der Waals surface area contributed by atoms with Gasteiger partial charge in [-0.25, -0.2) is 0 Å². The molecule has 3 fully saturated rings. The number of carbonyl (C=O) groups is 4. The molecule has 0 unspecified atom stereocenters. The second kappa shape index (κ2) is 30.6. The third kappa shape index (κ3) is 15.8. The van der Waals surface area contributed by atoms with Crippen molar-refractivity contribution in [3.63, 3.8) is 0 Å². The number of nitrogens with zero attached hydrogens (tertiary/aromatic N) is 18. The van der Waals surface area contributed by atoms with Crippen LogP contribution in [0.25, 0.3) is 32.7 Å². The minimum atomic E-state index is -4.59. The summed E-state index contributed by atoms with van der Waals surface area (Å²) in [5.41, 5.74) is 5.46. The minimum Gasteiger partial charge on any atom is -0.435 e. The number of Topliss-reactive ketones (excluding diaryl/α,β-unsaturated/α-hetero) is 1. The highest BCUT2D eigenvalue weighted by Gasteiger charge is 2.46. The molecule has 0 radical (unpaired) electrons. The molecule has 36 heteroatoms. The summed E-state index contributed by atoms with van der Waals surface area (Å²) in [6.07, 6.45) is -5.56. The first kappa shape index (κ1) is 75.6. The number of carbonyl (C=O) groups excluding carboxylic acids is 4. The van der Waals surface area contributed by atoms with Gasteiger partial charge in [-0.2, -0.15) is 48.3 Å². The van der Waals surface area contributed by atoms with Gasteiger partial charge in [0.05, 0.1) is 46.2 Å². The highest BCUT2D eigenvalue weighted by Crippen LogP contribution is 2.41. The van der Waals surface area contributed by atoms with Crippen LogP contribution in [0.1, 0.15) is 105 Å². The topological polar surface area (TPSA) is 228 Å². The summed E-state index contributed by atoms with van der Waals surface area (Å²) < 4.78 is 151. The number of aromatic nitrogens is 12. The Kier molecular flexibility index (Phi) is 21.6. The summed E-state index contributed by atoms with van der Waals surface area (Å²) in [4.78, 5) is 76.8. The summed E-state index contributed by atoms with van der Waals surface area (Å²) in [6.45, 7) is 9.56. The van der Waals surface area contributed by atoms with Crippen LogP contribution in [0.15, 0.2) is 85.3 Å². The maximum absolute atomic E-state index is 13.4. The average molecular weight is 1540 g/mol. The molecule has 6 aliphatic heterocycles. The van der Waals surface area contributed by atoms with E-state index in [0.717, 1.165) is 58.9 Å². The number of hydrogen-bond acceptors (Lipinski definition) is 17. The zero-order valence-corrected chi connectivity index (χ0v) is 59.8. The van der Waals surface area contributed by atoms with E-state index in [9.17, 15) is 67.5 Å². The summed E-state index contributed by atoms with van der Waals surface area (Å²) in [5, 5.41) is 24.4. The van der Waals surface area contributed by atoms with E-state index in [0.29, 0.717) is 91.6 Å². The molecule has 0 bridgehead atoms.